The van der Waals surface area contributed by atoms with Gasteiger partial charge in [-0.05, 0) is 44.0 Å². The van der Waals surface area contributed by atoms with Crippen molar-refractivity contribution in [2.45, 2.75) is 62.4 Å². The predicted molar refractivity (Wildman–Crippen MR) is 155 cm³/mol. The quantitative estimate of drug-likeness (QED) is 0.356. The summed E-state index contributed by atoms with van der Waals surface area (Å²) in [5, 5.41) is 24.1. The first kappa shape index (κ1) is 29.6. The minimum absolute atomic E-state index is 0.00243. The second-order valence-electron chi connectivity index (χ2n) is 11.8. The normalized spacial score (nSPS) is 24.8. The average Bonchev–Trinajstić information content (AvgIpc) is 3.20. The highest BCUT2D eigenvalue weighted by molar-refractivity contribution is 5.99. The molecule has 230 valence electrons. The van der Waals surface area contributed by atoms with Crippen molar-refractivity contribution in [3.63, 3.8) is 0 Å². The van der Waals surface area contributed by atoms with Crippen LogP contribution in [0.4, 0.5) is 8.78 Å². The molecule has 5 atom stereocenters. The van der Waals surface area contributed by atoms with Gasteiger partial charge in [-0.15, -0.1) is 0 Å². The molecule has 2 fully saturated rings. The number of carbonyl (C=O) groups is 3. The van der Waals surface area contributed by atoms with E-state index in [2.05, 4.69) is 5.32 Å². The van der Waals surface area contributed by atoms with E-state index in [1.165, 1.54) is 30.0 Å². The Labute approximate surface area is 253 Å². The number of aliphatic hydroxyl groups excluding tert-OH is 1. The summed E-state index contributed by atoms with van der Waals surface area (Å²) in [6.45, 7) is 2.02. The van der Waals surface area contributed by atoms with E-state index >= 15 is 8.78 Å². The van der Waals surface area contributed by atoms with Crippen LogP contribution < -0.4 is 10.1 Å². The van der Waals surface area contributed by atoms with Gasteiger partial charge in [-0.25, -0.2) is 8.78 Å². The molecule has 11 heteroatoms. The van der Waals surface area contributed by atoms with E-state index in [0.717, 1.165) is 4.90 Å². The minimum atomic E-state index is -3.48. The molecule has 0 saturated carbocycles. The molecule has 2 unspecified atom stereocenters. The van der Waals surface area contributed by atoms with E-state index in [4.69, 9.17) is 4.74 Å². The number of ether oxygens (including phenoxy) is 1. The van der Waals surface area contributed by atoms with Crippen molar-refractivity contribution in [1.82, 2.24) is 15.1 Å². The Kier molecular flexibility index (Phi) is 7.31. The Balaban J connectivity index is 1.28. The third-order valence-corrected chi connectivity index (χ3v) is 9.25. The van der Waals surface area contributed by atoms with E-state index in [1.54, 1.807) is 61.5 Å². The molecule has 3 heterocycles. The highest BCUT2D eigenvalue weighted by Crippen LogP contribution is 2.57. The van der Waals surface area contributed by atoms with E-state index in [0.29, 0.717) is 28.9 Å². The SMILES string of the molecule is Cc1c(O)cccc1C(=O)NC(Cc1ccccc1)[C@H](O)C(=O)N1CC(F)(F)C2(C)[C@H]1C(=O)N2[C@H]1CCOc2ccccc21. The summed E-state index contributed by atoms with van der Waals surface area (Å²) >= 11 is 0. The van der Waals surface area contributed by atoms with Crippen LogP contribution in [0.25, 0.3) is 0 Å². The van der Waals surface area contributed by atoms with Gasteiger partial charge in [0.25, 0.3) is 17.7 Å². The van der Waals surface area contributed by atoms with Crippen molar-refractivity contribution < 1.29 is 38.1 Å². The lowest BCUT2D eigenvalue weighted by Gasteiger charge is -2.58. The zero-order chi connectivity index (χ0) is 31.4. The molecule has 9 nitrogen and oxygen atoms in total. The molecule has 0 spiro atoms. The molecule has 2 saturated heterocycles. The van der Waals surface area contributed by atoms with Crippen LogP contribution in [0.3, 0.4) is 0 Å². The van der Waals surface area contributed by atoms with Crippen LogP contribution in [0.15, 0.2) is 72.8 Å². The van der Waals surface area contributed by atoms with Gasteiger partial charge in [0.1, 0.15) is 23.1 Å². The number of fused-ring (bicyclic) bond motifs is 2. The van der Waals surface area contributed by atoms with Crippen molar-refractivity contribution in [3.8, 4) is 11.5 Å². The van der Waals surface area contributed by atoms with Crippen LogP contribution in [0.1, 0.15) is 46.4 Å². The second-order valence-corrected chi connectivity index (χ2v) is 11.8. The first-order valence-electron chi connectivity index (χ1n) is 14.5. The van der Waals surface area contributed by atoms with Crippen LogP contribution in [0, 0.1) is 6.92 Å². The number of rotatable bonds is 7. The largest absolute Gasteiger partial charge is 0.508 e. The number of hydrogen-bond acceptors (Lipinski definition) is 6. The summed E-state index contributed by atoms with van der Waals surface area (Å²) in [6.07, 6.45) is -1.62. The van der Waals surface area contributed by atoms with Crippen molar-refractivity contribution in [3.05, 3.63) is 95.1 Å². The molecule has 3 N–H and O–H groups in total. The first-order chi connectivity index (χ1) is 21.0. The van der Waals surface area contributed by atoms with Gasteiger partial charge in [0.05, 0.1) is 25.2 Å². The molecule has 3 amide bonds. The van der Waals surface area contributed by atoms with Gasteiger partial charge >= 0.3 is 0 Å². The van der Waals surface area contributed by atoms with Gasteiger partial charge in [0.2, 0.25) is 5.91 Å². The molecule has 0 radical (unpaired) electrons. The fourth-order valence-corrected chi connectivity index (χ4v) is 6.79. The Morgan fingerprint density at radius 1 is 1.07 bits per heavy atom. The number of halogens is 2. The van der Waals surface area contributed by atoms with Crippen LogP contribution in [-0.4, -0.2) is 80.5 Å². The van der Waals surface area contributed by atoms with Gasteiger partial charge in [0, 0.05) is 23.1 Å². The number of nitrogens with zero attached hydrogens (tertiary/aromatic N) is 2. The Morgan fingerprint density at radius 2 is 1.77 bits per heavy atom. The van der Waals surface area contributed by atoms with Gasteiger partial charge in [-0.1, -0.05) is 54.6 Å². The zero-order valence-corrected chi connectivity index (χ0v) is 24.2. The van der Waals surface area contributed by atoms with Crippen molar-refractivity contribution in [1.29, 1.82) is 0 Å². The number of aromatic hydroxyl groups is 1. The first-order valence-corrected chi connectivity index (χ1v) is 14.5. The van der Waals surface area contributed by atoms with Crippen LogP contribution in [-0.2, 0) is 16.0 Å². The molecule has 3 aromatic rings. The van der Waals surface area contributed by atoms with E-state index in [1.807, 2.05) is 0 Å². The number of carbonyl (C=O) groups excluding carboxylic acids is 3. The average molecular weight is 606 g/mol. The fourth-order valence-electron chi connectivity index (χ4n) is 6.79. The summed E-state index contributed by atoms with van der Waals surface area (Å²) in [7, 11) is 0. The standard InChI is InChI=1S/C33H33F2N3O6/c1-19-21(12-8-13-25(19)39)29(41)36-23(17-20-9-4-3-5-10-20)27(40)30(42)37-18-33(34,35)32(2)28(37)31(43)38(32)24-15-16-44-26-14-7-6-11-22(24)26/h3-14,23-24,27-28,39-40H,15-18H2,1-2H3,(H,36,41)/t23?,24-,27-,28+,32?/m0/s1. The summed E-state index contributed by atoms with van der Waals surface area (Å²) < 4.78 is 37.5. The second kappa shape index (κ2) is 10.9. The third-order valence-electron chi connectivity index (χ3n) is 9.25. The van der Waals surface area contributed by atoms with E-state index in [-0.39, 0.29) is 24.3 Å². The van der Waals surface area contributed by atoms with E-state index < -0.39 is 60.0 Å². The molecule has 3 aromatic carbocycles. The maximum absolute atomic E-state index is 15.9. The molecular weight excluding hydrogens is 572 g/mol. The van der Waals surface area contributed by atoms with Crippen molar-refractivity contribution in [2.24, 2.45) is 0 Å². The highest BCUT2D eigenvalue weighted by Gasteiger charge is 2.78. The number of hydrogen-bond donors (Lipinski definition) is 3. The van der Waals surface area contributed by atoms with Gasteiger partial charge in [-0.3, -0.25) is 14.4 Å². The number of para-hydroxylation sites is 1. The monoisotopic (exact) mass is 605 g/mol. The number of amides is 3. The summed E-state index contributed by atoms with van der Waals surface area (Å²) in [4.78, 5) is 42.7. The maximum Gasteiger partial charge on any atom is 0.290 e. The van der Waals surface area contributed by atoms with Crippen LogP contribution >= 0.6 is 0 Å². The maximum atomic E-state index is 15.9. The zero-order valence-electron chi connectivity index (χ0n) is 24.2. The van der Waals surface area contributed by atoms with Gasteiger partial charge in [-0.2, -0.15) is 0 Å². The Bertz CT molecular complexity index is 1620. The molecule has 0 aromatic heterocycles. The molecule has 3 aliphatic rings. The summed E-state index contributed by atoms with van der Waals surface area (Å²) in [5.41, 5.74) is -0.275. The number of likely N-dealkylation sites (tertiary alicyclic amines) is 2. The number of nitrogens with one attached hydrogen (secondary N) is 1. The lowest BCUT2D eigenvalue weighted by atomic mass is 9.75. The lowest BCUT2D eigenvalue weighted by molar-refractivity contribution is -0.201. The van der Waals surface area contributed by atoms with Crippen molar-refractivity contribution in [2.75, 3.05) is 13.2 Å². The van der Waals surface area contributed by atoms with Crippen LogP contribution in [0.5, 0.6) is 11.5 Å². The predicted octanol–water partition coefficient (Wildman–Crippen LogP) is 3.37. The van der Waals surface area contributed by atoms with Crippen LogP contribution in [0.2, 0.25) is 0 Å². The molecule has 3 aliphatic heterocycles. The highest BCUT2D eigenvalue weighted by atomic mass is 19.3. The van der Waals surface area contributed by atoms with Gasteiger partial charge < -0.3 is 30.1 Å². The van der Waals surface area contributed by atoms with Crippen molar-refractivity contribution >= 4 is 17.7 Å². The lowest BCUT2D eigenvalue weighted by Crippen LogP contribution is -2.79. The Morgan fingerprint density at radius 3 is 2.52 bits per heavy atom. The molecular formula is C33H33F2N3O6. The topological polar surface area (TPSA) is 119 Å². The molecule has 6 rings (SSSR count). The smallest absolute Gasteiger partial charge is 0.290 e. The third kappa shape index (κ3) is 4.57. The fraction of sp³-hybridized carbons (Fsp3) is 0.364. The summed E-state index contributed by atoms with van der Waals surface area (Å²) in [5.74, 6) is -5.43. The number of aliphatic hydroxyl groups is 1. The molecule has 0 bridgehead atoms. The number of benzene rings is 3. The number of phenols is 1. The minimum Gasteiger partial charge on any atom is -0.508 e. The number of phenolic OH excluding ortho intramolecular Hbond substituents is 1. The molecule has 44 heavy (non-hydrogen) atoms. The summed E-state index contributed by atoms with van der Waals surface area (Å²) in [6, 6.07) is 16.8. The van der Waals surface area contributed by atoms with E-state index in [9.17, 15) is 24.6 Å². The molecule has 0 aliphatic carbocycles. The number of alkyl halides is 2. The van der Waals surface area contributed by atoms with Gasteiger partial charge in [0.15, 0.2) is 6.10 Å². The number of β-lactam (4-membered cyclic amide) rings is 1. The Hall–Kier alpha value is -4.51.